The molecule has 0 spiro atoms. The number of carbonyl (C=O) groups is 1. The molecule has 1 unspecified atom stereocenters. The summed E-state index contributed by atoms with van der Waals surface area (Å²) in [5, 5.41) is 0. The zero-order valence-corrected chi connectivity index (χ0v) is 22.0. The van der Waals surface area contributed by atoms with Crippen LogP contribution < -0.4 is 4.90 Å². The minimum atomic E-state index is -0.154. The van der Waals surface area contributed by atoms with E-state index in [-0.39, 0.29) is 17.5 Å². The van der Waals surface area contributed by atoms with E-state index in [1.165, 1.54) is 6.42 Å². The highest BCUT2D eigenvalue weighted by Crippen LogP contribution is 2.25. The molecule has 2 nitrogen and oxygen atoms in total. The average molecular weight is 444 g/mol. The van der Waals surface area contributed by atoms with Gasteiger partial charge in [0.25, 0.3) is 0 Å². The third-order valence-electron chi connectivity index (χ3n) is 5.13. The molecule has 2 aromatic rings. The summed E-state index contributed by atoms with van der Waals surface area (Å²) in [6.45, 7) is 17.3. The molecular weight excluding hydrogens is 397 g/mol. The number of aryl methyl sites for hydroxylation is 2. The van der Waals surface area contributed by atoms with Gasteiger partial charge in [-0.25, -0.2) is 4.39 Å². The number of nitrogens with zero attached hydrogens (tertiary/aromatic N) is 1. The van der Waals surface area contributed by atoms with Crippen molar-refractivity contribution < 1.29 is 9.18 Å². The third kappa shape index (κ3) is 9.97. The van der Waals surface area contributed by atoms with Crippen molar-refractivity contribution in [3.8, 4) is 0 Å². The van der Waals surface area contributed by atoms with Gasteiger partial charge in [0.1, 0.15) is 11.6 Å². The molecule has 0 amide bonds. The number of Topliss-reactive ketones (excluding diaryl/α,β-unsaturated/α-hetero) is 1. The molecule has 0 N–H and O–H groups in total. The molecule has 0 saturated heterocycles. The molecule has 0 saturated carbocycles. The number of rotatable bonds is 9. The second kappa shape index (κ2) is 16.5. The summed E-state index contributed by atoms with van der Waals surface area (Å²) in [4.78, 5) is 14.2. The number of carbonyl (C=O) groups excluding carboxylic acids is 1. The number of benzene rings is 2. The van der Waals surface area contributed by atoms with E-state index < -0.39 is 0 Å². The maximum atomic E-state index is 14.6. The highest BCUT2D eigenvalue weighted by molar-refractivity contribution is 5.85. The summed E-state index contributed by atoms with van der Waals surface area (Å²) >= 11 is 0. The Morgan fingerprint density at radius 2 is 1.50 bits per heavy atom. The lowest BCUT2D eigenvalue weighted by Gasteiger charge is -2.22. The Labute approximate surface area is 197 Å². The molecule has 2 aromatic carbocycles. The van der Waals surface area contributed by atoms with Crippen LogP contribution in [0.15, 0.2) is 42.5 Å². The zero-order chi connectivity index (χ0) is 24.7. The Morgan fingerprint density at radius 3 is 2.03 bits per heavy atom. The van der Waals surface area contributed by atoms with Crippen molar-refractivity contribution in [2.45, 2.75) is 87.0 Å². The minimum Gasteiger partial charge on any atom is -0.374 e. The fourth-order valence-electron chi connectivity index (χ4n) is 3.56. The van der Waals surface area contributed by atoms with Crippen molar-refractivity contribution in [2.75, 3.05) is 18.5 Å². The first-order valence-corrected chi connectivity index (χ1v) is 12.3. The van der Waals surface area contributed by atoms with Gasteiger partial charge in [-0.05, 0) is 47.6 Å². The molecule has 0 aromatic heterocycles. The maximum Gasteiger partial charge on any atom is 0.139 e. The van der Waals surface area contributed by atoms with Crippen LogP contribution in [0.2, 0.25) is 0 Å². The van der Waals surface area contributed by atoms with Crippen LogP contribution in [0.4, 0.5) is 10.1 Å². The van der Waals surface area contributed by atoms with Gasteiger partial charge in [0.15, 0.2) is 0 Å². The highest BCUT2D eigenvalue weighted by atomic mass is 19.1. The monoisotopic (exact) mass is 443 g/mol. The standard InChI is InChI=1S/C24H32FNO.C3H8.C2H6/c1-6-24(27)18(4)22-10-8-7-9-19(22)11-12-20-13-14-21(15-23(20)25)26(5)16-17(2)3;1-3-2;1-2/h7-10,13-15,17-18H,6,11-12,16H2,1-5H3;3H2,1-2H3;1-2H3. The van der Waals surface area contributed by atoms with Gasteiger partial charge in [0.2, 0.25) is 0 Å². The summed E-state index contributed by atoms with van der Waals surface area (Å²) < 4.78 is 14.6. The van der Waals surface area contributed by atoms with Gasteiger partial charge in [-0.15, -0.1) is 0 Å². The first-order valence-electron chi connectivity index (χ1n) is 12.3. The smallest absolute Gasteiger partial charge is 0.139 e. The molecule has 0 radical (unpaired) electrons. The molecular formula is C29H46FNO. The summed E-state index contributed by atoms with van der Waals surface area (Å²) in [5.41, 5.74) is 3.83. The lowest BCUT2D eigenvalue weighted by molar-refractivity contribution is -0.119. The fraction of sp³-hybridized carbons (Fsp3) is 0.552. The lowest BCUT2D eigenvalue weighted by Crippen LogP contribution is -2.22. The number of halogens is 1. The van der Waals surface area contributed by atoms with Crippen molar-refractivity contribution in [2.24, 2.45) is 5.92 Å². The van der Waals surface area contributed by atoms with E-state index >= 15 is 0 Å². The van der Waals surface area contributed by atoms with Crippen molar-refractivity contribution in [1.29, 1.82) is 0 Å². The van der Waals surface area contributed by atoms with Crippen molar-refractivity contribution >= 4 is 11.5 Å². The van der Waals surface area contributed by atoms with Crippen molar-refractivity contribution in [3.05, 3.63) is 65.0 Å². The fourth-order valence-corrected chi connectivity index (χ4v) is 3.56. The number of ketones is 1. The van der Waals surface area contributed by atoms with Gasteiger partial charge in [-0.3, -0.25) is 4.79 Å². The first kappa shape index (κ1) is 29.8. The van der Waals surface area contributed by atoms with Crippen LogP contribution >= 0.6 is 0 Å². The van der Waals surface area contributed by atoms with Crippen molar-refractivity contribution in [3.63, 3.8) is 0 Å². The number of hydrogen-bond acceptors (Lipinski definition) is 2. The van der Waals surface area contributed by atoms with Crippen molar-refractivity contribution in [1.82, 2.24) is 0 Å². The van der Waals surface area contributed by atoms with Crippen LogP contribution in [0.3, 0.4) is 0 Å². The summed E-state index contributed by atoms with van der Waals surface area (Å²) in [7, 11) is 2.00. The number of anilines is 1. The quantitative estimate of drug-likeness (QED) is 0.389. The Hall–Kier alpha value is -2.16. The predicted molar refractivity (Wildman–Crippen MR) is 139 cm³/mol. The van der Waals surface area contributed by atoms with E-state index in [2.05, 4.69) is 38.7 Å². The summed E-state index contributed by atoms with van der Waals surface area (Å²) in [5.74, 6) is 0.509. The first-order chi connectivity index (χ1) is 15.2. The molecule has 32 heavy (non-hydrogen) atoms. The average Bonchev–Trinajstić information content (AvgIpc) is 2.78. The Bertz CT molecular complexity index is 784. The third-order valence-corrected chi connectivity index (χ3v) is 5.13. The SMILES string of the molecule is CC.CCC.CCC(=O)C(C)c1ccccc1CCc1ccc(N(C)CC(C)C)cc1F. The normalized spacial score (nSPS) is 11.1. The van der Waals surface area contributed by atoms with E-state index in [9.17, 15) is 9.18 Å². The van der Waals surface area contributed by atoms with E-state index in [1.807, 2.05) is 65.1 Å². The highest BCUT2D eigenvalue weighted by Gasteiger charge is 2.17. The second-order valence-corrected chi connectivity index (χ2v) is 8.50. The van der Waals surface area contributed by atoms with Gasteiger partial charge in [0, 0.05) is 31.6 Å². The topological polar surface area (TPSA) is 20.3 Å². The largest absolute Gasteiger partial charge is 0.374 e. The second-order valence-electron chi connectivity index (χ2n) is 8.50. The van der Waals surface area contributed by atoms with E-state index in [0.717, 1.165) is 35.3 Å². The molecule has 1 atom stereocenters. The Morgan fingerprint density at radius 1 is 0.938 bits per heavy atom. The van der Waals surface area contributed by atoms with Crippen LogP contribution in [-0.4, -0.2) is 19.4 Å². The van der Waals surface area contributed by atoms with E-state index in [1.54, 1.807) is 6.07 Å². The van der Waals surface area contributed by atoms with Crippen LogP contribution in [0.1, 0.15) is 90.8 Å². The van der Waals surface area contributed by atoms with Gasteiger partial charge in [-0.2, -0.15) is 0 Å². The summed E-state index contributed by atoms with van der Waals surface area (Å²) in [6, 6.07) is 13.6. The van der Waals surface area contributed by atoms with Gasteiger partial charge in [-0.1, -0.05) is 92.1 Å². The molecule has 0 aliphatic heterocycles. The van der Waals surface area contributed by atoms with Crippen LogP contribution in [0.25, 0.3) is 0 Å². The molecule has 0 aliphatic carbocycles. The zero-order valence-electron chi connectivity index (χ0n) is 22.0. The lowest BCUT2D eigenvalue weighted by atomic mass is 9.89. The Balaban J connectivity index is 0.00000177. The van der Waals surface area contributed by atoms with Crippen LogP contribution in [0.5, 0.6) is 0 Å². The van der Waals surface area contributed by atoms with Gasteiger partial charge >= 0.3 is 0 Å². The molecule has 2 rings (SSSR count). The molecule has 3 heteroatoms. The molecule has 0 bridgehead atoms. The molecule has 180 valence electrons. The minimum absolute atomic E-state index is 0.108. The van der Waals surface area contributed by atoms with E-state index in [4.69, 9.17) is 0 Å². The molecule has 0 aliphatic rings. The van der Waals surface area contributed by atoms with E-state index in [0.29, 0.717) is 18.8 Å². The summed E-state index contributed by atoms with van der Waals surface area (Å²) in [6.07, 6.45) is 3.15. The van der Waals surface area contributed by atoms with Crippen LogP contribution in [-0.2, 0) is 17.6 Å². The molecule has 0 heterocycles. The molecule has 0 fully saturated rings. The van der Waals surface area contributed by atoms with Gasteiger partial charge < -0.3 is 4.90 Å². The predicted octanol–water partition coefficient (Wildman–Crippen LogP) is 8.23. The number of hydrogen-bond donors (Lipinski definition) is 0. The van der Waals surface area contributed by atoms with Crippen LogP contribution in [0, 0.1) is 11.7 Å². The Kier molecular flexibility index (Phi) is 15.4. The maximum absolute atomic E-state index is 14.6. The van der Waals surface area contributed by atoms with Gasteiger partial charge in [0.05, 0.1) is 0 Å².